The lowest BCUT2D eigenvalue weighted by Crippen LogP contribution is -2.37. The highest BCUT2D eigenvalue weighted by molar-refractivity contribution is 6.23. The lowest BCUT2D eigenvalue weighted by molar-refractivity contribution is -0.384. The summed E-state index contributed by atoms with van der Waals surface area (Å²) in [6.07, 6.45) is -0.982. The molecule has 2 saturated heterocycles. The average Bonchev–Trinajstić information content (AvgIpc) is 3.31. The third-order valence-corrected chi connectivity index (χ3v) is 5.86. The van der Waals surface area contributed by atoms with Crippen LogP contribution in [0.25, 0.3) is 0 Å². The standard InChI is InChI=1S/C24H19N3O5/c1-15-7-9-16(10-8-15)21-20-22(32-26(21)18-5-3-2-4-6-18)24(29)25(23(20)28)17-11-13-19(14-12-17)27(30)31/h2-14,20-22H,1H3. The van der Waals surface area contributed by atoms with E-state index in [1.165, 1.54) is 24.3 Å². The highest BCUT2D eigenvalue weighted by atomic mass is 16.7. The van der Waals surface area contributed by atoms with Gasteiger partial charge in [0.2, 0.25) is 5.91 Å². The number of carbonyl (C=O) groups is 2. The minimum absolute atomic E-state index is 0.114. The monoisotopic (exact) mass is 429 g/mol. The molecule has 2 aliphatic rings. The van der Waals surface area contributed by atoms with Crippen molar-refractivity contribution >= 4 is 28.9 Å². The maximum atomic E-state index is 13.5. The van der Waals surface area contributed by atoms with Gasteiger partial charge in [-0.05, 0) is 36.8 Å². The number of aryl methyl sites for hydroxylation is 1. The third-order valence-electron chi connectivity index (χ3n) is 5.86. The fraction of sp³-hybridized carbons (Fsp3) is 0.167. The molecule has 0 spiro atoms. The van der Waals surface area contributed by atoms with Crippen molar-refractivity contribution in [3.8, 4) is 0 Å². The first-order chi connectivity index (χ1) is 15.5. The number of para-hydroxylation sites is 1. The van der Waals surface area contributed by atoms with Crippen LogP contribution in [-0.4, -0.2) is 22.8 Å². The zero-order valence-electron chi connectivity index (χ0n) is 17.1. The molecule has 0 bridgehead atoms. The summed E-state index contributed by atoms with van der Waals surface area (Å²) in [5, 5.41) is 12.6. The van der Waals surface area contributed by atoms with Gasteiger partial charge in [-0.1, -0.05) is 48.0 Å². The molecule has 32 heavy (non-hydrogen) atoms. The number of nitro benzene ring substituents is 1. The number of benzene rings is 3. The number of hydrogen-bond donors (Lipinski definition) is 0. The average molecular weight is 429 g/mol. The van der Waals surface area contributed by atoms with Crippen LogP contribution in [0.4, 0.5) is 17.1 Å². The number of nitrogens with zero attached hydrogens (tertiary/aromatic N) is 3. The van der Waals surface area contributed by atoms with E-state index in [-0.39, 0.29) is 11.4 Å². The summed E-state index contributed by atoms with van der Waals surface area (Å²) in [6.45, 7) is 1.98. The Morgan fingerprint density at radius 2 is 1.50 bits per heavy atom. The Morgan fingerprint density at radius 3 is 2.12 bits per heavy atom. The van der Waals surface area contributed by atoms with Gasteiger partial charge in [-0.25, -0.2) is 9.96 Å². The van der Waals surface area contributed by atoms with Gasteiger partial charge in [0.1, 0.15) is 5.92 Å². The molecule has 3 atom stereocenters. The van der Waals surface area contributed by atoms with Crippen molar-refractivity contribution in [3.63, 3.8) is 0 Å². The molecule has 3 unspecified atom stereocenters. The van der Waals surface area contributed by atoms with Gasteiger partial charge in [0, 0.05) is 12.1 Å². The Balaban J connectivity index is 1.55. The number of rotatable bonds is 4. The molecule has 5 rings (SSSR count). The SMILES string of the molecule is Cc1ccc(C2C3C(=O)N(c4ccc([N+](=O)[O-])cc4)C(=O)C3ON2c2ccccc2)cc1. The number of carbonyl (C=O) groups excluding carboxylic acids is 2. The number of hydroxylamine groups is 1. The Morgan fingerprint density at radius 1 is 0.844 bits per heavy atom. The number of non-ortho nitro benzene ring substituents is 1. The van der Waals surface area contributed by atoms with E-state index in [9.17, 15) is 19.7 Å². The topological polar surface area (TPSA) is 93.0 Å². The van der Waals surface area contributed by atoms with Crippen molar-refractivity contribution in [1.29, 1.82) is 0 Å². The highest BCUT2D eigenvalue weighted by Gasteiger charge is 2.60. The van der Waals surface area contributed by atoms with Crippen LogP contribution in [0.1, 0.15) is 17.2 Å². The van der Waals surface area contributed by atoms with E-state index in [1.807, 2.05) is 61.5 Å². The number of nitro groups is 1. The molecule has 8 nitrogen and oxygen atoms in total. The lowest BCUT2D eigenvalue weighted by Gasteiger charge is -2.28. The molecule has 2 aliphatic heterocycles. The van der Waals surface area contributed by atoms with Crippen LogP contribution in [-0.2, 0) is 14.4 Å². The number of amides is 2. The molecule has 2 fully saturated rings. The summed E-state index contributed by atoms with van der Waals surface area (Å²) in [7, 11) is 0. The molecule has 2 heterocycles. The summed E-state index contributed by atoms with van der Waals surface area (Å²) in [5.74, 6) is -1.62. The third kappa shape index (κ3) is 3.12. The number of hydrogen-bond acceptors (Lipinski definition) is 6. The van der Waals surface area contributed by atoms with Crippen LogP contribution >= 0.6 is 0 Å². The number of imide groups is 1. The van der Waals surface area contributed by atoms with E-state index in [0.717, 1.165) is 21.7 Å². The summed E-state index contributed by atoms with van der Waals surface area (Å²) >= 11 is 0. The first-order valence-corrected chi connectivity index (χ1v) is 10.2. The zero-order valence-corrected chi connectivity index (χ0v) is 17.1. The molecule has 8 heteroatoms. The summed E-state index contributed by atoms with van der Waals surface area (Å²) < 4.78 is 0. The summed E-state index contributed by atoms with van der Waals surface area (Å²) in [5.41, 5.74) is 2.86. The van der Waals surface area contributed by atoms with Gasteiger partial charge in [-0.3, -0.25) is 24.5 Å². The molecule has 160 valence electrons. The van der Waals surface area contributed by atoms with Gasteiger partial charge >= 0.3 is 0 Å². The van der Waals surface area contributed by atoms with Crippen molar-refractivity contribution in [2.75, 3.05) is 9.96 Å². The fourth-order valence-corrected chi connectivity index (χ4v) is 4.29. The van der Waals surface area contributed by atoms with Crippen molar-refractivity contribution in [2.24, 2.45) is 5.92 Å². The van der Waals surface area contributed by atoms with E-state index in [4.69, 9.17) is 4.84 Å². The van der Waals surface area contributed by atoms with Crippen molar-refractivity contribution in [1.82, 2.24) is 0 Å². The van der Waals surface area contributed by atoms with Gasteiger partial charge in [-0.2, -0.15) is 0 Å². The zero-order chi connectivity index (χ0) is 22.4. The normalized spacial score (nSPS) is 22.3. The predicted molar refractivity (Wildman–Crippen MR) is 117 cm³/mol. The fourth-order valence-electron chi connectivity index (χ4n) is 4.29. The van der Waals surface area contributed by atoms with E-state index < -0.39 is 34.8 Å². The maximum absolute atomic E-state index is 13.5. The predicted octanol–water partition coefficient (Wildman–Crippen LogP) is 3.95. The van der Waals surface area contributed by atoms with Gasteiger partial charge in [0.15, 0.2) is 6.10 Å². The second-order valence-corrected chi connectivity index (χ2v) is 7.85. The first-order valence-electron chi connectivity index (χ1n) is 10.2. The molecule has 3 aromatic rings. The van der Waals surface area contributed by atoms with Crippen molar-refractivity contribution in [3.05, 3.63) is 100 Å². The second kappa shape index (κ2) is 7.58. The Kier molecular flexibility index (Phi) is 4.71. The molecule has 2 amide bonds. The van der Waals surface area contributed by atoms with E-state index in [2.05, 4.69) is 0 Å². The van der Waals surface area contributed by atoms with Crippen molar-refractivity contribution in [2.45, 2.75) is 19.1 Å². The minimum Gasteiger partial charge on any atom is -0.273 e. The Hall–Kier alpha value is -4.04. The lowest BCUT2D eigenvalue weighted by atomic mass is 9.90. The second-order valence-electron chi connectivity index (χ2n) is 7.85. The maximum Gasteiger partial charge on any atom is 0.269 e. The number of fused-ring (bicyclic) bond motifs is 1. The van der Waals surface area contributed by atoms with E-state index in [1.54, 1.807) is 5.06 Å². The minimum atomic E-state index is -0.982. The molecule has 3 aromatic carbocycles. The smallest absolute Gasteiger partial charge is 0.269 e. The highest BCUT2D eigenvalue weighted by Crippen LogP contribution is 2.47. The van der Waals surface area contributed by atoms with Crippen LogP contribution in [0.3, 0.4) is 0 Å². The van der Waals surface area contributed by atoms with Crippen molar-refractivity contribution < 1.29 is 19.3 Å². The Labute approximate surface area is 183 Å². The molecule has 0 saturated carbocycles. The molecular formula is C24H19N3O5. The van der Waals surface area contributed by atoms with Gasteiger partial charge in [-0.15, -0.1) is 0 Å². The first kappa shape index (κ1) is 19.9. The van der Waals surface area contributed by atoms with Crippen LogP contribution in [0.15, 0.2) is 78.9 Å². The van der Waals surface area contributed by atoms with E-state index in [0.29, 0.717) is 0 Å². The van der Waals surface area contributed by atoms with Crippen LogP contribution in [0, 0.1) is 23.0 Å². The molecule has 0 N–H and O–H groups in total. The number of anilines is 2. The molecule has 0 radical (unpaired) electrons. The molecular weight excluding hydrogens is 410 g/mol. The van der Waals surface area contributed by atoms with E-state index >= 15 is 0 Å². The summed E-state index contributed by atoms with van der Waals surface area (Å²) in [4.78, 5) is 44.3. The van der Waals surface area contributed by atoms with Gasteiger partial charge < -0.3 is 0 Å². The van der Waals surface area contributed by atoms with Gasteiger partial charge in [0.25, 0.3) is 11.6 Å². The molecule has 0 aliphatic carbocycles. The Bertz CT molecular complexity index is 1190. The largest absolute Gasteiger partial charge is 0.273 e. The molecule has 0 aromatic heterocycles. The van der Waals surface area contributed by atoms with Gasteiger partial charge in [0.05, 0.1) is 22.3 Å². The van der Waals surface area contributed by atoms with Crippen LogP contribution < -0.4 is 9.96 Å². The van der Waals surface area contributed by atoms with Crippen LogP contribution in [0.5, 0.6) is 0 Å². The summed E-state index contributed by atoms with van der Waals surface area (Å²) in [6, 6.07) is 22.0. The quantitative estimate of drug-likeness (QED) is 0.354. The van der Waals surface area contributed by atoms with Crippen LogP contribution in [0.2, 0.25) is 0 Å².